The third-order valence-electron chi connectivity index (χ3n) is 3.79. The molecular weight excluding hydrogens is 242 g/mol. The quantitative estimate of drug-likeness (QED) is 0.740. The number of carbonyl (C=O) groups excluding carboxylic acids is 1. The molecule has 0 aliphatic carbocycles. The van der Waals surface area contributed by atoms with Gasteiger partial charge in [0.05, 0.1) is 18.3 Å². The van der Waals surface area contributed by atoms with Crippen LogP contribution in [0.2, 0.25) is 0 Å². The largest absolute Gasteiger partial charge is 0.462 e. The van der Waals surface area contributed by atoms with E-state index < -0.39 is 5.97 Å². The van der Waals surface area contributed by atoms with Crippen LogP contribution in [0.3, 0.4) is 0 Å². The molecule has 1 aromatic heterocycles. The monoisotopic (exact) mass is 263 g/mol. The zero-order valence-corrected chi connectivity index (χ0v) is 12.1. The third-order valence-corrected chi connectivity index (χ3v) is 3.79. The highest BCUT2D eigenvalue weighted by atomic mass is 16.5. The minimum Gasteiger partial charge on any atom is -0.462 e. The molecule has 0 bridgehead atoms. The maximum Gasteiger partial charge on any atom is 0.342 e. The molecule has 5 nitrogen and oxygen atoms in total. The molecule has 0 aromatic carbocycles. The Bertz CT molecular complexity index is 473. The van der Waals surface area contributed by atoms with Crippen molar-refractivity contribution < 1.29 is 9.53 Å². The molecule has 0 radical (unpaired) electrons. The fourth-order valence-electron chi connectivity index (χ4n) is 2.37. The Balaban J connectivity index is 3.32. The van der Waals surface area contributed by atoms with Gasteiger partial charge in [-0.1, -0.05) is 20.8 Å². The first kappa shape index (κ1) is 15.2. The van der Waals surface area contributed by atoms with E-state index in [2.05, 4.69) is 31.9 Å². The second kappa shape index (κ2) is 6.37. The Labute approximate surface area is 114 Å². The summed E-state index contributed by atoms with van der Waals surface area (Å²) in [6.45, 7) is 8.23. The lowest BCUT2D eigenvalue weighted by molar-refractivity contribution is 0.0525. The van der Waals surface area contributed by atoms with Crippen LogP contribution in [0.25, 0.3) is 0 Å². The topological polar surface area (TPSA) is 67.9 Å². The van der Waals surface area contributed by atoms with Crippen molar-refractivity contribution in [2.75, 3.05) is 6.61 Å². The summed E-state index contributed by atoms with van der Waals surface area (Å²) in [5.41, 5.74) is 0.337. The normalized spacial score (nSPS) is 11.1. The van der Waals surface area contributed by atoms with Crippen LogP contribution in [0, 0.1) is 11.3 Å². The molecule has 0 N–H and O–H groups in total. The Hall–Kier alpha value is -1.83. The van der Waals surface area contributed by atoms with Gasteiger partial charge < -0.3 is 4.74 Å². The third kappa shape index (κ3) is 2.62. The Morgan fingerprint density at radius 1 is 1.37 bits per heavy atom. The van der Waals surface area contributed by atoms with Gasteiger partial charge in [-0.05, 0) is 26.2 Å². The highest BCUT2D eigenvalue weighted by Gasteiger charge is 2.32. The van der Waals surface area contributed by atoms with E-state index in [9.17, 15) is 10.1 Å². The van der Waals surface area contributed by atoms with Gasteiger partial charge in [0.2, 0.25) is 0 Å². The molecule has 19 heavy (non-hydrogen) atoms. The van der Waals surface area contributed by atoms with Crippen molar-refractivity contribution in [3.63, 3.8) is 0 Å². The summed E-state index contributed by atoms with van der Waals surface area (Å²) in [6, 6.07) is 2.09. The van der Waals surface area contributed by atoms with E-state index in [4.69, 9.17) is 4.74 Å². The number of rotatable bonds is 6. The highest BCUT2D eigenvalue weighted by molar-refractivity contribution is 5.91. The van der Waals surface area contributed by atoms with Crippen LogP contribution in [0.1, 0.15) is 63.0 Å². The van der Waals surface area contributed by atoms with Gasteiger partial charge in [-0.15, -0.1) is 0 Å². The Morgan fingerprint density at radius 2 is 1.95 bits per heavy atom. The molecule has 5 heteroatoms. The lowest BCUT2D eigenvalue weighted by Crippen LogP contribution is -2.33. The second-order valence-corrected chi connectivity index (χ2v) is 4.44. The first-order valence-corrected chi connectivity index (χ1v) is 6.75. The van der Waals surface area contributed by atoms with Gasteiger partial charge >= 0.3 is 5.97 Å². The van der Waals surface area contributed by atoms with Gasteiger partial charge in [0.15, 0.2) is 5.69 Å². The molecule has 1 aromatic rings. The minimum atomic E-state index is -0.484. The summed E-state index contributed by atoms with van der Waals surface area (Å²) in [6.07, 6.45) is 4.02. The second-order valence-electron chi connectivity index (χ2n) is 4.44. The molecule has 1 heterocycles. The van der Waals surface area contributed by atoms with E-state index >= 15 is 0 Å². The number of nitrogens with zero attached hydrogens (tertiary/aromatic N) is 3. The molecule has 0 fully saturated rings. The van der Waals surface area contributed by atoms with Crippen LogP contribution in [0.4, 0.5) is 0 Å². The zero-order chi connectivity index (χ0) is 14.5. The molecule has 0 aliphatic rings. The van der Waals surface area contributed by atoms with Crippen molar-refractivity contribution in [2.24, 2.45) is 0 Å². The maximum atomic E-state index is 11.8. The fraction of sp³-hybridized carbons (Fsp3) is 0.643. The molecule has 0 aliphatic heterocycles. The smallest absolute Gasteiger partial charge is 0.342 e. The molecule has 0 spiro atoms. The van der Waals surface area contributed by atoms with Gasteiger partial charge in [-0.2, -0.15) is 10.4 Å². The van der Waals surface area contributed by atoms with Crippen molar-refractivity contribution in [3.05, 3.63) is 17.5 Å². The first-order chi connectivity index (χ1) is 9.10. The molecule has 1 rings (SSSR count). The number of hydrogen-bond acceptors (Lipinski definition) is 4. The minimum absolute atomic E-state index is 0.212. The highest BCUT2D eigenvalue weighted by Crippen LogP contribution is 2.30. The van der Waals surface area contributed by atoms with E-state index in [1.54, 1.807) is 11.6 Å². The van der Waals surface area contributed by atoms with Crippen LogP contribution in [0.15, 0.2) is 6.20 Å². The van der Waals surface area contributed by atoms with Gasteiger partial charge in [0.1, 0.15) is 11.6 Å². The van der Waals surface area contributed by atoms with Crippen LogP contribution < -0.4 is 0 Å². The number of nitriles is 1. The lowest BCUT2D eigenvalue weighted by atomic mass is 9.89. The molecule has 104 valence electrons. The Morgan fingerprint density at radius 3 is 2.37 bits per heavy atom. The standard InChI is InChI=1S/C14H21N3O2/c1-5-14(6-2,7-3)17-12(9-15)11(10-16-17)13(18)19-8-4/h10H,5-8H2,1-4H3. The van der Waals surface area contributed by atoms with Gasteiger partial charge in [0.25, 0.3) is 0 Å². The summed E-state index contributed by atoms with van der Waals surface area (Å²) < 4.78 is 6.65. The van der Waals surface area contributed by atoms with Crippen molar-refractivity contribution in [3.8, 4) is 6.07 Å². The summed E-state index contributed by atoms with van der Waals surface area (Å²) in [5.74, 6) is -0.484. The average molecular weight is 263 g/mol. The van der Waals surface area contributed by atoms with E-state index in [0.717, 1.165) is 19.3 Å². The van der Waals surface area contributed by atoms with Gasteiger partial charge in [0, 0.05) is 0 Å². The number of ether oxygens (including phenoxy) is 1. The van der Waals surface area contributed by atoms with E-state index in [-0.39, 0.29) is 17.7 Å². The Kier molecular flexibility index (Phi) is 5.11. The van der Waals surface area contributed by atoms with Gasteiger partial charge in [-0.3, -0.25) is 0 Å². The molecule has 0 saturated heterocycles. The van der Waals surface area contributed by atoms with Gasteiger partial charge in [-0.25, -0.2) is 9.48 Å². The van der Waals surface area contributed by atoms with Crippen molar-refractivity contribution in [1.82, 2.24) is 9.78 Å². The zero-order valence-electron chi connectivity index (χ0n) is 12.1. The maximum absolute atomic E-state index is 11.8. The predicted molar refractivity (Wildman–Crippen MR) is 71.7 cm³/mol. The van der Waals surface area contributed by atoms with E-state index in [1.807, 2.05) is 0 Å². The van der Waals surface area contributed by atoms with Crippen LogP contribution in [0.5, 0.6) is 0 Å². The molecule has 0 atom stereocenters. The van der Waals surface area contributed by atoms with E-state index in [0.29, 0.717) is 5.69 Å². The predicted octanol–water partition coefficient (Wildman–Crippen LogP) is 2.86. The summed E-state index contributed by atoms with van der Waals surface area (Å²) in [4.78, 5) is 11.8. The average Bonchev–Trinajstić information content (AvgIpc) is 2.86. The summed E-state index contributed by atoms with van der Waals surface area (Å²) >= 11 is 0. The van der Waals surface area contributed by atoms with Crippen molar-refractivity contribution >= 4 is 5.97 Å². The van der Waals surface area contributed by atoms with Crippen molar-refractivity contribution in [1.29, 1.82) is 5.26 Å². The first-order valence-electron chi connectivity index (χ1n) is 6.75. The summed E-state index contributed by atoms with van der Waals surface area (Å²) in [5, 5.41) is 13.6. The molecule has 0 amide bonds. The van der Waals surface area contributed by atoms with Crippen LogP contribution >= 0.6 is 0 Å². The number of esters is 1. The molecular formula is C14H21N3O2. The van der Waals surface area contributed by atoms with E-state index in [1.165, 1.54) is 6.20 Å². The SMILES string of the molecule is CCOC(=O)c1cnn(C(CC)(CC)CC)c1C#N. The number of carbonyl (C=O) groups is 1. The van der Waals surface area contributed by atoms with Crippen molar-refractivity contribution in [2.45, 2.75) is 52.5 Å². The number of hydrogen-bond donors (Lipinski definition) is 0. The summed E-state index contributed by atoms with van der Waals surface area (Å²) in [7, 11) is 0. The van der Waals surface area contributed by atoms with Crippen LogP contribution in [-0.2, 0) is 10.3 Å². The molecule has 0 unspecified atom stereocenters. The lowest BCUT2D eigenvalue weighted by Gasteiger charge is -2.31. The van der Waals surface area contributed by atoms with Crippen LogP contribution in [-0.4, -0.2) is 22.4 Å². The number of aromatic nitrogens is 2. The molecule has 0 saturated carbocycles. The fourth-order valence-corrected chi connectivity index (χ4v) is 2.37.